The molecule has 1 heterocycles. The normalized spacial score (nSPS) is 24.4. The molecule has 4 nitrogen and oxygen atoms in total. The Morgan fingerprint density at radius 2 is 2.12 bits per heavy atom. The van der Waals surface area contributed by atoms with Crippen molar-refractivity contribution >= 4 is 5.97 Å². The number of methoxy groups -OCH3 is 1. The summed E-state index contributed by atoms with van der Waals surface area (Å²) in [6, 6.07) is 7.89. The minimum atomic E-state index is -0.346. The quantitative estimate of drug-likeness (QED) is 0.782. The van der Waals surface area contributed by atoms with Crippen molar-refractivity contribution in [2.24, 2.45) is 0 Å². The molecule has 2 rings (SSSR count). The zero-order chi connectivity index (χ0) is 12.3. The van der Waals surface area contributed by atoms with Crippen LogP contribution in [0.3, 0.4) is 0 Å². The van der Waals surface area contributed by atoms with Crippen LogP contribution in [0, 0.1) is 6.92 Å². The fraction of sp³-hybridized carbons (Fsp3) is 0.462. The van der Waals surface area contributed by atoms with Crippen molar-refractivity contribution in [3.8, 4) is 0 Å². The molecule has 0 amide bonds. The van der Waals surface area contributed by atoms with E-state index in [2.05, 4.69) is 41.2 Å². The number of ether oxygens (including phenoxy) is 2. The van der Waals surface area contributed by atoms with Crippen molar-refractivity contribution in [2.45, 2.75) is 19.1 Å². The van der Waals surface area contributed by atoms with E-state index in [0.29, 0.717) is 13.2 Å². The summed E-state index contributed by atoms with van der Waals surface area (Å²) >= 11 is 0. The SMILES string of the molecule is COC(=O)C1COC(c2ccc(C)cc2)CN1. The van der Waals surface area contributed by atoms with Crippen LogP contribution < -0.4 is 5.32 Å². The van der Waals surface area contributed by atoms with Gasteiger partial charge in [0.05, 0.1) is 19.8 Å². The number of carbonyl (C=O) groups is 1. The van der Waals surface area contributed by atoms with Gasteiger partial charge in [0.2, 0.25) is 0 Å². The Labute approximate surface area is 101 Å². The molecule has 1 N–H and O–H groups in total. The third-order valence-corrected chi connectivity index (χ3v) is 2.95. The highest BCUT2D eigenvalue weighted by atomic mass is 16.5. The maximum atomic E-state index is 11.3. The van der Waals surface area contributed by atoms with Gasteiger partial charge in [-0.3, -0.25) is 10.1 Å². The fourth-order valence-electron chi connectivity index (χ4n) is 1.87. The van der Waals surface area contributed by atoms with Crippen molar-refractivity contribution in [1.82, 2.24) is 5.32 Å². The van der Waals surface area contributed by atoms with Crippen molar-refractivity contribution in [3.05, 3.63) is 35.4 Å². The molecule has 1 aromatic carbocycles. The van der Waals surface area contributed by atoms with Gasteiger partial charge in [0, 0.05) is 6.54 Å². The molecule has 2 unspecified atom stereocenters. The first kappa shape index (κ1) is 12.1. The van der Waals surface area contributed by atoms with E-state index in [1.807, 2.05) is 0 Å². The number of carbonyl (C=O) groups excluding carboxylic acids is 1. The lowest BCUT2D eigenvalue weighted by Crippen LogP contribution is -2.48. The number of hydrogen-bond acceptors (Lipinski definition) is 4. The van der Waals surface area contributed by atoms with Gasteiger partial charge in [-0.2, -0.15) is 0 Å². The zero-order valence-electron chi connectivity index (χ0n) is 10.1. The van der Waals surface area contributed by atoms with Crippen LogP contribution in [0.25, 0.3) is 0 Å². The van der Waals surface area contributed by atoms with Crippen LogP contribution in [0.4, 0.5) is 0 Å². The second-order valence-corrected chi connectivity index (χ2v) is 4.22. The summed E-state index contributed by atoms with van der Waals surface area (Å²) < 4.78 is 10.3. The number of esters is 1. The summed E-state index contributed by atoms with van der Waals surface area (Å²) in [4.78, 5) is 11.3. The summed E-state index contributed by atoms with van der Waals surface area (Å²) in [5.74, 6) is -0.271. The molecule has 92 valence electrons. The van der Waals surface area contributed by atoms with Crippen LogP contribution in [0.5, 0.6) is 0 Å². The molecule has 4 heteroatoms. The Bertz CT molecular complexity index is 380. The van der Waals surface area contributed by atoms with Crippen molar-refractivity contribution in [3.63, 3.8) is 0 Å². The van der Waals surface area contributed by atoms with Crippen LogP contribution in [0.2, 0.25) is 0 Å². The molecule has 0 bridgehead atoms. The van der Waals surface area contributed by atoms with Crippen LogP contribution in [0.1, 0.15) is 17.2 Å². The van der Waals surface area contributed by atoms with Gasteiger partial charge in [-0.1, -0.05) is 29.8 Å². The molecule has 1 aliphatic rings. The van der Waals surface area contributed by atoms with Gasteiger partial charge in [-0.25, -0.2) is 0 Å². The van der Waals surface area contributed by atoms with Crippen LogP contribution in [-0.2, 0) is 14.3 Å². The molecule has 17 heavy (non-hydrogen) atoms. The molecule has 0 spiro atoms. The largest absolute Gasteiger partial charge is 0.468 e. The van der Waals surface area contributed by atoms with E-state index in [9.17, 15) is 4.79 Å². The number of benzene rings is 1. The first-order valence-electron chi connectivity index (χ1n) is 5.70. The first-order valence-corrected chi connectivity index (χ1v) is 5.70. The highest BCUT2D eigenvalue weighted by Gasteiger charge is 2.27. The predicted molar refractivity (Wildman–Crippen MR) is 63.7 cm³/mol. The lowest BCUT2D eigenvalue weighted by Gasteiger charge is -2.29. The number of nitrogens with one attached hydrogen (secondary N) is 1. The first-order chi connectivity index (χ1) is 8.20. The monoisotopic (exact) mass is 235 g/mol. The van der Waals surface area contributed by atoms with Crippen LogP contribution in [0.15, 0.2) is 24.3 Å². The average molecular weight is 235 g/mol. The van der Waals surface area contributed by atoms with E-state index >= 15 is 0 Å². The van der Waals surface area contributed by atoms with Gasteiger partial charge >= 0.3 is 5.97 Å². The number of rotatable bonds is 2. The molecule has 1 aliphatic heterocycles. The standard InChI is InChI=1S/C13H17NO3/c1-9-3-5-10(6-4-9)12-7-14-11(8-17-12)13(15)16-2/h3-6,11-12,14H,7-8H2,1-2H3. The maximum Gasteiger partial charge on any atom is 0.325 e. The number of morpholine rings is 1. The minimum Gasteiger partial charge on any atom is -0.468 e. The molecule has 1 fully saturated rings. The molecule has 0 radical (unpaired) electrons. The van der Waals surface area contributed by atoms with E-state index < -0.39 is 0 Å². The molecule has 0 aromatic heterocycles. The van der Waals surface area contributed by atoms with Gasteiger partial charge in [0.15, 0.2) is 0 Å². The fourth-order valence-corrected chi connectivity index (χ4v) is 1.87. The zero-order valence-corrected chi connectivity index (χ0v) is 10.1. The minimum absolute atomic E-state index is 0.0107. The van der Waals surface area contributed by atoms with Gasteiger partial charge in [0.25, 0.3) is 0 Å². The summed E-state index contributed by atoms with van der Waals surface area (Å²) in [7, 11) is 1.38. The summed E-state index contributed by atoms with van der Waals surface area (Å²) in [5, 5.41) is 3.13. The molecule has 2 atom stereocenters. The molecular formula is C13H17NO3. The topological polar surface area (TPSA) is 47.6 Å². The van der Waals surface area contributed by atoms with E-state index in [1.54, 1.807) is 0 Å². The Hall–Kier alpha value is -1.39. The molecule has 0 aliphatic carbocycles. The molecule has 1 aromatic rings. The third-order valence-electron chi connectivity index (χ3n) is 2.95. The van der Waals surface area contributed by atoms with Gasteiger partial charge in [-0.15, -0.1) is 0 Å². The third kappa shape index (κ3) is 2.84. The Balaban J connectivity index is 1.95. The highest BCUT2D eigenvalue weighted by molar-refractivity contribution is 5.75. The van der Waals surface area contributed by atoms with Crippen LogP contribution in [-0.4, -0.2) is 32.3 Å². The maximum absolute atomic E-state index is 11.3. The Morgan fingerprint density at radius 3 is 2.65 bits per heavy atom. The highest BCUT2D eigenvalue weighted by Crippen LogP contribution is 2.20. The number of aryl methyl sites for hydroxylation is 1. The van der Waals surface area contributed by atoms with Crippen molar-refractivity contribution in [1.29, 1.82) is 0 Å². The predicted octanol–water partition coefficient (Wildman–Crippen LogP) is 1.20. The van der Waals surface area contributed by atoms with Crippen molar-refractivity contribution in [2.75, 3.05) is 20.3 Å². The van der Waals surface area contributed by atoms with E-state index in [1.165, 1.54) is 12.7 Å². The van der Waals surface area contributed by atoms with E-state index in [0.717, 1.165) is 5.56 Å². The van der Waals surface area contributed by atoms with Crippen molar-refractivity contribution < 1.29 is 14.3 Å². The smallest absolute Gasteiger partial charge is 0.325 e. The Kier molecular flexibility index (Phi) is 3.76. The average Bonchev–Trinajstić information content (AvgIpc) is 2.39. The summed E-state index contributed by atoms with van der Waals surface area (Å²) in [6.45, 7) is 3.03. The lowest BCUT2D eigenvalue weighted by molar-refractivity contribution is -0.147. The van der Waals surface area contributed by atoms with Crippen LogP contribution >= 0.6 is 0 Å². The summed E-state index contributed by atoms with van der Waals surface area (Å²) in [5.41, 5.74) is 2.36. The van der Waals surface area contributed by atoms with Gasteiger partial charge < -0.3 is 9.47 Å². The van der Waals surface area contributed by atoms with Gasteiger partial charge in [-0.05, 0) is 12.5 Å². The lowest BCUT2D eigenvalue weighted by atomic mass is 10.1. The summed E-state index contributed by atoms with van der Waals surface area (Å²) in [6.07, 6.45) is 0.0107. The Morgan fingerprint density at radius 1 is 1.41 bits per heavy atom. The number of hydrogen-bond donors (Lipinski definition) is 1. The van der Waals surface area contributed by atoms with E-state index in [4.69, 9.17) is 4.74 Å². The molecule has 0 saturated carbocycles. The van der Waals surface area contributed by atoms with E-state index in [-0.39, 0.29) is 18.1 Å². The molecule has 1 saturated heterocycles. The van der Waals surface area contributed by atoms with Gasteiger partial charge in [0.1, 0.15) is 6.04 Å². The molecular weight excluding hydrogens is 218 g/mol. The second kappa shape index (κ2) is 5.29. The second-order valence-electron chi connectivity index (χ2n) is 4.22.